The summed E-state index contributed by atoms with van der Waals surface area (Å²) in [5.41, 5.74) is -0.648. The molecule has 0 unspecified atom stereocenters. The zero-order valence-corrected chi connectivity index (χ0v) is 25.4. The van der Waals surface area contributed by atoms with E-state index in [1.165, 1.54) is 24.3 Å². The van der Waals surface area contributed by atoms with Gasteiger partial charge < -0.3 is 24.8 Å². The van der Waals surface area contributed by atoms with Crippen molar-refractivity contribution in [3.8, 4) is 28.9 Å². The second-order valence-corrected chi connectivity index (χ2v) is 13.0. The number of halogens is 4. The largest absolute Gasteiger partial charge is 0.508 e. The van der Waals surface area contributed by atoms with Gasteiger partial charge in [0.1, 0.15) is 53.4 Å². The summed E-state index contributed by atoms with van der Waals surface area (Å²) in [7, 11) is 0. The first-order chi connectivity index (χ1) is 21.7. The van der Waals surface area contributed by atoms with Gasteiger partial charge >= 0.3 is 6.01 Å². The van der Waals surface area contributed by atoms with E-state index in [1.807, 2.05) is 0 Å². The molecule has 0 spiro atoms. The number of nitrogens with one attached hydrogen (secondary N) is 1. The number of fused-ring (bicyclic) bond motifs is 4. The lowest BCUT2D eigenvalue weighted by atomic mass is 9.95. The maximum Gasteiger partial charge on any atom is 0.319 e. The molecule has 4 aromatic rings. The standard InChI is InChI=1S/C32H32ClF3N6O3/c1-2-18-13-42-19(11-37-18)14-44-30-24-28(39-31(40-29(24)42)45-15-32-6-3-7-41(32)12-17(34)10-32)26(36)27(38-30)21-9-20(43)8-16-4-5-22(35)25(33)23(16)21/h4-5,8-9,17-19,37,43H,2-3,6-7,10-15H2,1H3/t17-,18-,19+,32+/m1/s1. The zero-order chi connectivity index (χ0) is 31.0. The summed E-state index contributed by atoms with van der Waals surface area (Å²) < 4.78 is 58.5. The molecule has 4 atom stereocenters. The number of aromatic hydroxyl groups is 1. The fourth-order valence-electron chi connectivity index (χ4n) is 7.59. The SMILES string of the molecule is CC[C@@H]1CN2c3nc(OC[C@@]45CCCN4C[C@H](F)C5)nc4c(F)c(-c5cc(O)cc6ccc(F)c(Cl)c56)nc(c34)OC[C@@H]2CN1. The Morgan fingerprint density at radius 1 is 1.18 bits per heavy atom. The number of alkyl halides is 1. The third kappa shape index (κ3) is 4.63. The molecule has 45 heavy (non-hydrogen) atoms. The number of nitrogens with zero attached hydrogens (tertiary/aromatic N) is 5. The smallest absolute Gasteiger partial charge is 0.319 e. The molecule has 2 aromatic heterocycles. The van der Waals surface area contributed by atoms with E-state index in [-0.39, 0.29) is 70.1 Å². The van der Waals surface area contributed by atoms with Gasteiger partial charge in [0.25, 0.3) is 0 Å². The van der Waals surface area contributed by atoms with Crippen molar-refractivity contribution in [3.05, 3.63) is 40.9 Å². The van der Waals surface area contributed by atoms with E-state index in [0.717, 1.165) is 25.8 Å². The molecule has 9 nitrogen and oxygen atoms in total. The second-order valence-electron chi connectivity index (χ2n) is 12.6. The molecule has 236 valence electrons. The number of phenolic OH excluding ortho intramolecular Hbond substituents is 1. The van der Waals surface area contributed by atoms with Crippen LogP contribution in [0.15, 0.2) is 24.3 Å². The number of benzene rings is 2. The highest BCUT2D eigenvalue weighted by molar-refractivity contribution is 6.37. The summed E-state index contributed by atoms with van der Waals surface area (Å²) in [5, 5.41) is 14.8. The molecule has 4 aliphatic rings. The molecule has 8 rings (SSSR count). The Hall–Kier alpha value is -3.61. The van der Waals surface area contributed by atoms with Crippen molar-refractivity contribution in [2.45, 2.75) is 56.4 Å². The highest BCUT2D eigenvalue weighted by Crippen LogP contribution is 2.45. The van der Waals surface area contributed by atoms with Crippen molar-refractivity contribution in [2.24, 2.45) is 0 Å². The van der Waals surface area contributed by atoms with Crippen LogP contribution in [0.2, 0.25) is 5.02 Å². The predicted octanol–water partition coefficient (Wildman–Crippen LogP) is 5.39. The van der Waals surface area contributed by atoms with Crippen molar-refractivity contribution in [3.63, 3.8) is 0 Å². The van der Waals surface area contributed by atoms with Gasteiger partial charge in [-0.25, -0.2) is 18.2 Å². The number of anilines is 1. The first kappa shape index (κ1) is 28.8. The number of hydrogen-bond acceptors (Lipinski definition) is 9. The number of piperazine rings is 1. The lowest BCUT2D eigenvalue weighted by Crippen LogP contribution is -2.58. The van der Waals surface area contributed by atoms with E-state index in [0.29, 0.717) is 42.6 Å². The minimum atomic E-state index is -0.928. The Labute approximate surface area is 262 Å². The summed E-state index contributed by atoms with van der Waals surface area (Å²) in [5.74, 6) is -1.11. The predicted molar refractivity (Wildman–Crippen MR) is 164 cm³/mol. The van der Waals surface area contributed by atoms with Crippen LogP contribution in [0.4, 0.5) is 19.0 Å². The first-order valence-corrected chi connectivity index (χ1v) is 15.8. The Kier molecular flexibility index (Phi) is 6.88. The zero-order valence-electron chi connectivity index (χ0n) is 24.6. The van der Waals surface area contributed by atoms with Crippen LogP contribution in [0.3, 0.4) is 0 Å². The van der Waals surface area contributed by atoms with Gasteiger partial charge in [0, 0.05) is 43.0 Å². The fraction of sp³-hybridized carbons (Fsp3) is 0.469. The van der Waals surface area contributed by atoms with Crippen LogP contribution in [-0.2, 0) is 0 Å². The Balaban J connectivity index is 1.32. The Bertz CT molecular complexity index is 1850. The van der Waals surface area contributed by atoms with Gasteiger partial charge in [0.05, 0.1) is 16.6 Å². The molecule has 13 heteroatoms. The molecular weight excluding hydrogens is 609 g/mol. The molecule has 2 N–H and O–H groups in total. The first-order valence-electron chi connectivity index (χ1n) is 15.4. The number of phenols is 1. The van der Waals surface area contributed by atoms with Crippen LogP contribution in [0, 0.1) is 11.6 Å². The topological polar surface area (TPSA) is 95.9 Å². The molecule has 2 aromatic carbocycles. The summed E-state index contributed by atoms with van der Waals surface area (Å²) in [6, 6.07) is 5.39. The van der Waals surface area contributed by atoms with E-state index in [2.05, 4.69) is 32.0 Å². The van der Waals surface area contributed by atoms with Crippen LogP contribution >= 0.6 is 11.6 Å². The normalized spacial score (nSPS) is 26.2. The van der Waals surface area contributed by atoms with Crippen LogP contribution in [0.5, 0.6) is 17.6 Å². The molecule has 0 radical (unpaired) electrons. The van der Waals surface area contributed by atoms with Crippen molar-refractivity contribution < 1.29 is 27.8 Å². The minimum absolute atomic E-state index is 0.0277. The number of hydrogen-bond donors (Lipinski definition) is 2. The Morgan fingerprint density at radius 2 is 2.04 bits per heavy atom. The van der Waals surface area contributed by atoms with Crippen LogP contribution in [0.25, 0.3) is 32.9 Å². The van der Waals surface area contributed by atoms with E-state index < -0.39 is 23.3 Å². The van der Waals surface area contributed by atoms with Gasteiger partial charge in [0.2, 0.25) is 5.88 Å². The third-order valence-electron chi connectivity index (χ3n) is 9.87. The van der Waals surface area contributed by atoms with Gasteiger partial charge in [-0.1, -0.05) is 24.6 Å². The average Bonchev–Trinajstić information content (AvgIpc) is 3.51. The Morgan fingerprint density at radius 3 is 2.89 bits per heavy atom. The third-order valence-corrected chi connectivity index (χ3v) is 10.2. The van der Waals surface area contributed by atoms with Crippen molar-refractivity contribution in [1.82, 2.24) is 25.2 Å². The average molecular weight is 641 g/mol. The highest BCUT2D eigenvalue weighted by Gasteiger charge is 2.49. The number of pyridine rings is 1. The number of ether oxygens (including phenoxy) is 2. The fourth-order valence-corrected chi connectivity index (χ4v) is 7.87. The highest BCUT2D eigenvalue weighted by atomic mass is 35.5. The van der Waals surface area contributed by atoms with Crippen LogP contribution < -0.4 is 19.7 Å². The van der Waals surface area contributed by atoms with E-state index >= 15 is 4.39 Å². The molecule has 3 fully saturated rings. The van der Waals surface area contributed by atoms with Crippen LogP contribution in [0.1, 0.15) is 32.6 Å². The lowest BCUT2D eigenvalue weighted by Gasteiger charge is -2.39. The molecule has 4 aliphatic heterocycles. The van der Waals surface area contributed by atoms with Gasteiger partial charge in [-0.3, -0.25) is 4.90 Å². The van der Waals surface area contributed by atoms with Crippen molar-refractivity contribution in [2.75, 3.05) is 44.3 Å². The summed E-state index contributed by atoms with van der Waals surface area (Å²) in [4.78, 5) is 18.2. The molecule has 0 aliphatic carbocycles. The molecule has 0 bridgehead atoms. The van der Waals surface area contributed by atoms with Gasteiger partial charge in [-0.2, -0.15) is 9.97 Å². The van der Waals surface area contributed by atoms with Gasteiger partial charge in [-0.15, -0.1) is 0 Å². The van der Waals surface area contributed by atoms with E-state index in [9.17, 15) is 13.9 Å². The molecule has 6 heterocycles. The molecule has 3 saturated heterocycles. The maximum atomic E-state index is 16.9. The quantitative estimate of drug-likeness (QED) is 0.298. The lowest BCUT2D eigenvalue weighted by molar-refractivity contribution is 0.107. The number of aromatic nitrogens is 3. The van der Waals surface area contributed by atoms with E-state index in [4.69, 9.17) is 26.1 Å². The summed E-state index contributed by atoms with van der Waals surface area (Å²) in [6.45, 7) is 4.92. The summed E-state index contributed by atoms with van der Waals surface area (Å²) in [6.07, 6.45) is 2.07. The van der Waals surface area contributed by atoms with E-state index in [1.54, 1.807) is 0 Å². The van der Waals surface area contributed by atoms with Crippen molar-refractivity contribution in [1.29, 1.82) is 0 Å². The maximum absolute atomic E-state index is 16.9. The van der Waals surface area contributed by atoms with Crippen LogP contribution in [-0.4, -0.2) is 88.1 Å². The monoisotopic (exact) mass is 640 g/mol. The summed E-state index contributed by atoms with van der Waals surface area (Å²) >= 11 is 6.40. The molecule has 0 amide bonds. The minimum Gasteiger partial charge on any atom is -0.508 e. The van der Waals surface area contributed by atoms with Gasteiger partial charge in [-0.05, 0) is 49.4 Å². The number of rotatable bonds is 5. The van der Waals surface area contributed by atoms with Crippen molar-refractivity contribution >= 4 is 39.1 Å². The molecule has 0 saturated carbocycles. The molecular formula is C32H32ClF3N6O3. The van der Waals surface area contributed by atoms with Gasteiger partial charge in [0.15, 0.2) is 5.82 Å². The second kappa shape index (κ2) is 10.7.